The Morgan fingerprint density at radius 2 is 1.89 bits per heavy atom. The zero-order valence-corrected chi connectivity index (χ0v) is 16.6. The molecule has 0 radical (unpaired) electrons. The summed E-state index contributed by atoms with van der Waals surface area (Å²) in [6, 6.07) is 19.5. The number of benzene rings is 2. The minimum atomic E-state index is -0.0186. The van der Waals surface area contributed by atoms with Crippen molar-refractivity contribution < 1.29 is 9.21 Å². The van der Waals surface area contributed by atoms with Crippen molar-refractivity contribution in [3.05, 3.63) is 83.3 Å². The first kappa shape index (κ1) is 18.4. The normalized spacial score (nSPS) is 11.1. The molecule has 2 heterocycles. The molecule has 4 rings (SSSR count). The molecule has 0 aliphatic heterocycles. The molecular formula is C22H21N3O2S. The van der Waals surface area contributed by atoms with E-state index in [1.54, 1.807) is 23.7 Å². The SMILES string of the molecule is Cc1ccc(CN(C)C(=O)c2ccccc2CSc2nc3ccccc3[nH]2)o1. The second kappa shape index (κ2) is 7.94. The molecule has 0 fully saturated rings. The van der Waals surface area contributed by atoms with Gasteiger partial charge < -0.3 is 14.3 Å². The molecule has 6 heteroatoms. The van der Waals surface area contributed by atoms with Crippen LogP contribution in [0.1, 0.15) is 27.4 Å². The summed E-state index contributed by atoms with van der Waals surface area (Å²) in [4.78, 5) is 22.6. The zero-order valence-electron chi connectivity index (χ0n) is 15.8. The van der Waals surface area contributed by atoms with Crippen molar-refractivity contribution in [3.8, 4) is 0 Å². The quantitative estimate of drug-likeness (QED) is 0.468. The number of amides is 1. The maximum absolute atomic E-state index is 13.0. The van der Waals surface area contributed by atoms with E-state index in [0.717, 1.165) is 33.3 Å². The Balaban J connectivity index is 1.48. The van der Waals surface area contributed by atoms with E-state index >= 15 is 0 Å². The Morgan fingerprint density at radius 3 is 2.68 bits per heavy atom. The molecule has 5 nitrogen and oxygen atoms in total. The number of furan rings is 1. The van der Waals surface area contributed by atoms with E-state index in [1.807, 2.05) is 67.6 Å². The second-order valence-electron chi connectivity index (χ2n) is 6.68. The van der Waals surface area contributed by atoms with Gasteiger partial charge in [-0.05, 0) is 42.8 Å². The average Bonchev–Trinajstić information content (AvgIpc) is 3.31. The van der Waals surface area contributed by atoms with E-state index in [4.69, 9.17) is 4.42 Å². The number of carbonyl (C=O) groups is 1. The molecule has 28 heavy (non-hydrogen) atoms. The van der Waals surface area contributed by atoms with Crippen LogP contribution < -0.4 is 0 Å². The molecule has 1 N–H and O–H groups in total. The number of carbonyl (C=O) groups excluding carboxylic acids is 1. The Labute approximate surface area is 167 Å². The van der Waals surface area contributed by atoms with Crippen molar-refractivity contribution in [2.75, 3.05) is 7.05 Å². The van der Waals surface area contributed by atoms with Crippen LogP contribution in [0.25, 0.3) is 11.0 Å². The molecular weight excluding hydrogens is 370 g/mol. The molecule has 0 aliphatic rings. The van der Waals surface area contributed by atoms with Gasteiger partial charge in [0.1, 0.15) is 11.5 Å². The number of nitrogens with zero attached hydrogens (tertiary/aromatic N) is 2. The number of aryl methyl sites for hydroxylation is 1. The molecule has 0 saturated heterocycles. The number of hydrogen-bond acceptors (Lipinski definition) is 4. The summed E-state index contributed by atoms with van der Waals surface area (Å²) >= 11 is 1.59. The van der Waals surface area contributed by atoms with Crippen molar-refractivity contribution in [2.45, 2.75) is 24.4 Å². The third-order valence-electron chi connectivity index (χ3n) is 4.52. The molecule has 0 saturated carbocycles. The van der Waals surface area contributed by atoms with Crippen LogP contribution in [0.2, 0.25) is 0 Å². The van der Waals surface area contributed by atoms with Gasteiger partial charge in [-0.2, -0.15) is 0 Å². The number of imidazole rings is 1. The van der Waals surface area contributed by atoms with Crippen LogP contribution in [0.3, 0.4) is 0 Å². The van der Waals surface area contributed by atoms with Gasteiger partial charge in [-0.25, -0.2) is 4.98 Å². The van der Waals surface area contributed by atoms with Gasteiger partial charge in [0.2, 0.25) is 0 Å². The fourth-order valence-corrected chi connectivity index (χ4v) is 3.97. The molecule has 2 aromatic carbocycles. The van der Waals surface area contributed by atoms with Gasteiger partial charge in [0.15, 0.2) is 5.16 Å². The first-order valence-electron chi connectivity index (χ1n) is 9.06. The summed E-state index contributed by atoms with van der Waals surface area (Å²) in [5.74, 6) is 2.27. The fourth-order valence-electron chi connectivity index (χ4n) is 3.08. The molecule has 2 aromatic heterocycles. The number of rotatable bonds is 6. The summed E-state index contributed by atoms with van der Waals surface area (Å²) in [5, 5.41) is 0.850. The van der Waals surface area contributed by atoms with Gasteiger partial charge in [-0.3, -0.25) is 4.79 Å². The average molecular weight is 391 g/mol. The maximum Gasteiger partial charge on any atom is 0.254 e. The molecule has 0 unspecified atom stereocenters. The largest absolute Gasteiger partial charge is 0.464 e. The van der Waals surface area contributed by atoms with Crippen LogP contribution in [0.15, 0.2) is 70.2 Å². The number of thioether (sulfide) groups is 1. The van der Waals surface area contributed by atoms with E-state index in [2.05, 4.69) is 9.97 Å². The topological polar surface area (TPSA) is 62.1 Å². The van der Waals surface area contributed by atoms with Gasteiger partial charge in [0, 0.05) is 18.4 Å². The van der Waals surface area contributed by atoms with E-state index in [1.165, 1.54) is 0 Å². The number of hydrogen-bond donors (Lipinski definition) is 1. The lowest BCUT2D eigenvalue weighted by Gasteiger charge is -2.18. The number of aromatic amines is 1. The van der Waals surface area contributed by atoms with Gasteiger partial charge in [0.25, 0.3) is 5.91 Å². The minimum absolute atomic E-state index is 0.0186. The van der Waals surface area contributed by atoms with Crippen LogP contribution in [0, 0.1) is 6.92 Å². The first-order chi connectivity index (χ1) is 13.6. The molecule has 0 atom stereocenters. The van der Waals surface area contributed by atoms with E-state index in [9.17, 15) is 4.79 Å². The van der Waals surface area contributed by atoms with Crippen molar-refractivity contribution >= 4 is 28.7 Å². The highest BCUT2D eigenvalue weighted by Crippen LogP contribution is 2.25. The van der Waals surface area contributed by atoms with Gasteiger partial charge >= 0.3 is 0 Å². The Bertz CT molecular complexity index is 1080. The van der Waals surface area contributed by atoms with Crippen molar-refractivity contribution in [1.82, 2.24) is 14.9 Å². The van der Waals surface area contributed by atoms with Gasteiger partial charge in [-0.15, -0.1) is 0 Å². The van der Waals surface area contributed by atoms with Crippen LogP contribution >= 0.6 is 11.8 Å². The van der Waals surface area contributed by atoms with Gasteiger partial charge in [-0.1, -0.05) is 42.1 Å². The van der Waals surface area contributed by atoms with Crippen molar-refractivity contribution in [3.63, 3.8) is 0 Å². The summed E-state index contributed by atoms with van der Waals surface area (Å²) in [6.07, 6.45) is 0. The fraction of sp³-hybridized carbons (Fsp3) is 0.182. The molecule has 1 amide bonds. The number of para-hydroxylation sites is 2. The highest BCUT2D eigenvalue weighted by Gasteiger charge is 2.17. The third-order valence-corrected chi connectivity index (χ3v) is 5.44. The third kappa shape index (κ3) is 3.97. The van der Waals surface area contributed by atoms with Crippen LogP contribution in [-0.4, -0.2) is 27.8 Å². The summed E-state index contributed by atoms with van der Waals surface area (Å²) in [5.41, 5.74) is 3.66. The minimum Gasteiger partial charge on any atom is -0.464 e. The summed E-state index contributed by atoms with van der Waals surface area (Å²) < 4.78 is 5.59. The van der Waals surface area contributed by atoms with Gasteiger partial charge in [0.05, 0.1) is 17.6 Å². The highest BCUT2D eigenvalue weighted by molar-refractivity contribution is 7.98. The van der Waals surface area contributed by atoms with Crippen molar-refractivity contribution in [2.24, 2.45) is 0 Å². The smallest absolute Gasteiger partial charge is 0.254 e. The number of H-pyrrole nitrogens is 1. The summed E-state index contributed by atoms with van der Waals surface area (Å²) in [6.45, 7) is 2.34. The molecule has 0 spiro atoms. The lowest BCUT2D eigenvalue weighted by molar-refractivity contribution is 0.0774. The Hall–Kier alpha value is -2.99. The van der Waals surface area contributed by atoms with Crippen LogP contribution in [-0.2, 0) is 12.3 Å². The highest BCUT2D eigenvalue weighted by atomic mass is 32.2. The van der Waals surface area contributed by atoms with E-state index in [0.29, 0.717) is 17.9 Å². The van der Waals surface area contributed by atoms with E-state index in [-0.39, 0.29) is 5.91 Å². The van der Waals surface area contributed by atoms with E-state index < -0.39 is 0 Å². The van der Waals surface area contributed by atoms with Crippen LogP contribution in [0.5, 0.6) is 0 Å². The number of nitrogens with one attached hydrogen (secondary N) is 1. The lowest BCUT2D eigenvalue weighted by atomic mass is 10.1. The molecule has 0 bridgehead atoms. The van der Waals surface area contributed by atoms with Crippen molar-refractivity contribution in [1.29, 1.82) is 0 Å². The zero-order chi connectivity index (χ0) is 19.5. The first-order valence-corrected chi connectivity index (χ1v) is 10.0. The number of fused-ring (bicyclic) bond motifs is 1. The molecule has 0 aliphatic carbocycles. The predicted molar refractivity (Wildman–Crippen MR) is 111 cm³/mol. The Morgan fingerprint density at radius 1 is 1.11 bits per heavy atom. The lowest BCUT2D eigenvalue weighted by Crippen LogP contribution is -2.26. The molecule has 4 aromatic rings. The standard InChI is InChI=1S/C22H21N3O2S/c1-15-11-12-17(27-15)13-25(2)21(26)18-8-4-3-7-16(18)14-28-22-23-19-9-5-6-10-20(19)24-22/h3-12H,13-14H2,1-2H3,(H,23,24). The molecule has 142 valence electrons. The second-order valence-corrected chi connectivity index (χ2v) is 7.64. The van der Waals surface area contributed by atoms with Crippen LogP contribution in [0.4, 0.5) is 0 Å². The monoisotopic (exact) mass is 391 g/mol. The summed E-state index contributed by atoms with van der Waals surface area (Å²) in [7, 11) is 1.79. The Kier molecular flexibility index (Phi) is 5.21. The number of aromatic nitrogens is 2. The predicted octanol–water partition coefficient (Wildman–Crippen LogP) is 5.03. The maximum atomic E-state index is 13.0.